The first kappa shape index (κ1) is 28.8. The van der Waals surface area contributed by atoms with E-state index in [1.807, 2.05) is 43.3 Å². The minimum absolute atomic E-state index is 0.205. The Balaban J connectivity index is 1.26. The van der Waals surface area contributed by atoms with Crippen LogP contribution in [0, 0.1) is 5.82 Å². The van der Waals surface area contributed by atoms with Gasteiger partial charge >= 0.3 is 0 Å². The smallest absolute Gasteiger partial charge is 0.260 e. The molecule has 1 aliphatic rings. The van der Waals surface area contributed by atoms with E-state index in [-0.39, 0.29) is 17.3 Å². The van der Waals surface area contributed by atoms with Crippen LogP contribution in [-0.2, 0) is 6.54 Å². The summed E-state index contributed by atoms with van der Waals surface area (Å²) in [5.41, 5.74) is 4.35. The maximum Gasteiger partial charge on any atom is 0.260 e. The highest BCUT2D eigenvalue weighted by atomic mass is 35.5. The highest BCUT2D eigenvalue weighted by Crippen LogP contribution is 2.32. The topological polar surface area (TPSA) is 79.2 Å². The first-order valence-corrected chi connectivity index (χ1v) is 14.9. The molecule has 5 aromatic rings. The molecule has 0 spiro atoms. The predicted octanol–water partition coefficient (Wildman–Crippen LogP) is 6.61. The maximum absolute atomic E-state index is 15.2. The number of aryl methyl sites for hydroxylation is 1. The number of piperazine rings is 1. The van der Waals surface area contributed by atoms with Crippen molar-refractivity contribution in [2.45, 2.75) is 33.4 Å². The van der Waals surface area contributed by atoms with Crippen LogP contribution in [0.4, 0.5) is 21.7 Å². The van der Waals surface area contributed by atoms with Crippen LogP contribution >= 0.6 is 11.6 Å². The summed E-state index contributed by atoms with van der Waals surface area (Å²) in [4.78, 5) is 31.4. The number of anilines is 3. The molecule has 1 aliphatic heterocycles. The summed E-state index contributed by atoms with van der Waals surface area (Å²) in [6.07, 6.45) is 5.15. The Morgan fingerprint density at radius 2 is 1.79 bits per heavy atom. The first-order chi connectivity index (χ1) is 20.8. The van der Waals surface area contributed by atoms with Crippen molar-refractivity contribution in [2.75, 3.05) is 36.4 Å². The molecule has 3 aromatic heterocycles. The van der Waals surface area contributed by atoms with Crippen molar-refractivity contribution >= 4 is 40.0 Å². The van der Waals surface area contributed by atoms with Crippen molar-refractivity contribution in [2.24, 2.45) is 0 Å². The largest absolute Gasteiger partial charge is 0.367 e. The van der Waals surface area contributed by atoms with Crippen molar-refractivity contribution in [3.63, 3.8) is 0 Å². The van der Waals surface area contributed by atoms with Crippen LogP contribution in [-0.4, -0.2) is 56.6 Å². The molecule has 8 nitrogen and oxygen atoms in total. The standard InChI is InChI=1S/C33H33ClFN7O/c1-4-42-31-24(16-27(32(42)43)26-9-7-22(17-28(26)34)23-6-5-11-36-19-23)20-37-33(39-31)38-25-8-10-30(29(35)18-25)41-14-12-40(13-15-41)21(2)3/h5-11,16-21H,4,12-15H2,1-3H3,(H,37,38,39). The van der Waals surface area contributed by atoms with Crippen molar-refractivity contribution < 1.29 is 4.39 Å². The number of hydrogen-bond acceptors (Lipinski definition) is 7. The summed E-state index contributed by atoms with van der Waals surface area (Å²) in [6, 6.07) is 16.8. The van der Waals surface area contributed by atoms with Gasteiger partial charge in [-0.2, -0.15) is 4.98 Å². The minimum Gasteiger partial charge on any atom is -0.367 e. The molecule has 1 saturated heterocycles. The molecule has 0 aliphatic carbocycles. The number of rotatable bonds is 7. The average molecular weight is 598 g/mol. The molecule has 2 aromatic carbocycles. The van der Waals surface area contributed by atoms with Gasteiger partial charge < -0.3 is 10.2 Å². The van der Waals surface area contributed by atoms with E-state index in [4.69, 9.17) is 11.6 Å². The monoisotopic (exact) mass is 597 g/mol. The van der Waals surface area contributed by atoms with Gasteiger partial charge in [0.05, 0.1) is 5.69 Å². The molecule has 4 heterocycles. The fraction of sp³-hybridized carbons (Fsp3) is 0.273. The number of halogens is 2. The molecule has 0 atom stereocenters. The molecular formula is C33H33ClFN7O. The molecule has 6 rings (SSSR count). The zero-order valence-corrected chi connectivity index (χ0v) is 25.1. The van der Waals surface area contributed by atoms with Gasteiger partial charge in [0.1, 0.15) is 11.5 Å². The molecule has 0 saturated carbocycles. The fourth-order valence-corrected chi connectivity index (χ4v) is 5.88. The van der Waals surface area contributed by atoms with E-state index in [2.05, 4.69) is 43.9 Å². The van der Waals surface area contributed by atoms with Crippen LogP contribution in [0.5, 0.6) is 0 Å². The predicted molar refractivity (Wildman–Crippen MR) is 172 cm³/mol. The molecule has 220 valence electrons. The van der Waals surface area contributed by atoms with Crippen molar-refractivity contribution in [3.8, 4) is 22.3 Å². The number of hydrogen-bond donors (Lipinski definition) is 1. The Morgan fingerprint density at radius 1 is 0.977 bits per heavy atom. The lowest BCUT2D eigenvalue weighted by molar-refractivity contribution is 0.209. The van der Waals surface area contributed by atoms with Gasteiger partial charge in [-0.05, 0) is 62.7 Å². The number of benzene rings is 2. The summed E-state index contributed by atoms with van der Waals surface area (Å²) >= 11 is 6.69. The Morgan fingerprint density at radius 3 is 2.47 bits per heavy atom. The number of aromatic nitrogens is 4. The van der Waals surface area contributed by atoms with Gasteiger partial charge in [-0.25, -0.2) is 9.37 Å². The highest BCUT2D eigenvalue weighted by molar-refractivity contribution is 6.33. The summed E-state index contributed by atoms with van der Waals surface area (Å²) in [5.74, 6) is -0.0243. The normalized spacial score (nSPS) is 14.0. The van der Waals surface area contributed by atoms with E-state index < -0.39 is 0 Å². The van der Waals surface area contributed by atoms with E-state index in [0.717, 1.165) is 37.3 Å². The summed E-state index contributed by atoms with van der Waals surface area (Å²) in [7, 11) is 0. The first-order valence-electron chi connectivity index (χ1n) is 14.5. The van der Waals surface area contributed by atoms with Crippen LogP contribution in [0.15, 0.2) is 78.0 Å². The summed E-state index contributed by atoms with van der Waals surface area (Å²) in [6.45, 7) is 10.0. The van der Waals surface area contributed by atoms with Gasteiger partial charge in [0.15, 0.2) is 0 Å². The highest BCUT2D eigenvalue weighted by Gasteiger charge is 2.21. The Labute approximate surface area is 254 Å². The lowest BCUT2D eigenvalue weighted by Crippen LogP contribution is -2.49. The van der Waals surface area contributed by atoms with Gasteiger partial charge in [0.2, 0.25) is 5.95 Å². The lowest BCUT2D eigenvalue weighted by Gasteiger charge is -2.38. The van der Waals surface area contributed by atoms with E-state index >= 15 is 4.39 Å². The lowest BCUT2D eigenvalue weighted by atomic mass is 10.0. The van der Waals surface area contributed by atoms with Gasteiger partial charge in [-0.15, -0.1) is 0 Å². The van der Waals surface area contributed by atoms with Crippen molar-refractivity contribution in [3.05, 3.63) is 94.4 Å². The maximum atomic E-state index is 15.2. The van der Waals surface area contributed by atoms with E-state index in [0.29, 0.717) is 51.1 Å². The molecule has 1 N–H and O–H groups in total. The Bertz CT molecular complexity index is 1840. The fourth-order valence-electron chi connectivity index (χ4n) is 5.60. The summed E-state index contributed by atoms with van der Waals surface area (Å²) in [5, 5.41) is 4.26. The number of nitrogens with one attached hydrogen (secondary N) is 1. The number of pyridine rings is 2. The minimum atomic E-state index is -0.301. The zero-order chi connectivity index (χ0) is 30.1. The third-order valence-electron chi connectivity index (χ3n) is 7.99. The quantitative estimate of drug-likeness (QED) is 0.226. The second kappa shape index (κ2) is 12.1. The van der Waals surface area contributed by atoms with Gasteiger partial charge in [0, 0.05) is 90.1 Å². The van der Waals surface area contributed by atoms with Crippen LogP contribution in [0.1, 0.15) is 20.8 Å². The summed E-state index contributed by atoms with van der Waals surface area (Å²) < 4.78 is 16.8. The zero-order valence-electron chi connectivity index (χ0n) is 24.4. The third-order valence-corrected chi connectivity index (χ3v) is 8.30. The third kappa shape index (κ3) is 5.83. The van der Waals surface area contributed by atoms with Crippen LogP contribution in [0.2, 0.25) is 5.02 Å². The van der Waals surface area contributed by atoms with Crippen LogP contribution in [0.25, 0.3) is 33.3 Å². The Kier molecular flexibility index (Phi) is 8.10. The average Bonchev–Trinajstić information content (AvgIpc) is 3.01. The molecular weight excluding hydrogens is 565 g/mol. The second-order valence-electron chi connectivity index (χ2n) is 10.9. The molecule has 0 amide bonds. The van der Waals surface area contributed by atoms with Gasteiger partial charge in [-0.3, -0.25) is 19.2 Å². The van der Waals surface area contributed by atoms with Gasteiger partial charge in [-0.1, -0.05) is 29.8 Å². The van der Waals surface area contributed by atoms with E-state index in [1.165, 1.54) is 6.07 Å². The molecule has 0 unspecified atom stereocenters. The molecule has 43 heavy (non-hydrogen) atoms. The Hall–Kier alpha value is -4.34. The van der Waals surface area contributed by atoms with Crippen LogP contribution < -0.4 is 15.8 Å². The second-order valence-corrected chi connectivity index (χ2v) is 11.3. The van der Waals surface area contributed by atoms with Crippen molar-refractivity contribution in [1.82, 2.24) is 24.4 Å². The molecule has 1 fully saturated rings. The van der Waals surface area contributed by atoms with Crippen molar-refractivity contribution in [1.29, 1.82) is 0 Å². The molecule has 10 heteroatoms. The number of fused-ring (bicyclic) bond motifs is 1. The van der Waals surface area contributed by atoms with E-state index in [9.17, 15) is 4.79 Å². The van der Waals surface area contributed by atoms with E-state index in [1.54, 1.807) is 35.3 Å². The number of nitrogens with zero attached hydrogens (tertiary/aromatic N) is 6. The molecule has 0 radical (unpaired) electrons. The van der Waals surface area contributed by atoms with Crippen LogP contribution in [0.3, 0.4) is 0 Å². The molecule has 0 bridgehead atoms. The SMILES string of the molecule is CCn1c(=O)c(-c2ccc(-c3cccnc3)cc2Cl)cc2cnc(Nc3ccc(N4CCN(C(C)C)CC4)c(F)c3)nc21. The van der Waals surface area contributed by atoms with Gasteiger partial charge in [0.25, 0.3) is 5.56 Å².